The van der Waals surface area contributed by atoms with Crippen LogP contribution in [0.15, 0.2) is 40.8 Å². The van der Waals surface area contributed by atoms with Crippen molar-refractivity contribution in [2.24, 2.45) is 10.4 Å². The molecule has 1 aromatic rings. The van der Waals surface area contributed by atoms with Gasteiger partial charge in [-0.1, -0.05) is 18.2 Å². The third-order valence-corrected chi connectivity index (χ3v) is 1.24. The van der Waals surface area contributed by atoms with Gasteiger partial charge in [0.1, 0.15) is 5.69 Å². The van der Waals surface area contributed by atoms with Crippen molar-refractivity contribution in [1.29, 1.82) is 0 Å². The average molecular weight is 175 g/mol. The predicted molar refractivity (Wildman–Crippen MR) is 47.2 cm³/mol. The molecule has 13 heavy (non-hydrogen) atoms. The minimum atomic E-state index is 0.512. The molecule has 7 heteroatoms. The van der Waals surface area contributed by atoms with Gasteiger partial charge in [-0.2, -0.15) is 9.82 Å². The molecule has 0 bridgehead atoms. The van der Waals surface area contributed by atoms with Crippen LogP contribution in [0.4, 0.5) is 5.69 Å². The van der Waals surface area contributed by atoms with E-state index in [-0.39, 0.29) is 0 Å². The second kappa shape index (κ2) is 4.50. The molecule has 0 amide bonds. The zero-order valence-corrected chi connectivity index (χ0v) is 6.52. The lowest BCUT2D eigenvalue weighted by Crippen LogP contribution is -2.03. The Balaban J connectivity index is 3.01. The van der Waals surface area contributed by atoms with Crippen LogP contribution in [0.1, 0.15) is 0 Å². The molecule has 0 fully saturated rings. The Morgan fingerprint density at radius 3 is 2.00 bits per heavy atom. The van der Waals surface area contributed by atoms with E-state index in [1.807, 2.05) is 0 Å². The molecule has 0 saturated carbocycles. The fourth-order valence-corrected chi connectivity index (χ4v) is 0.758. The topological polar surface area (TPSA) is 101 Å². The lowest BCUT2D eigenvalue weighted by molar-refractivity contribution is 0.898. The van der Waals surface area contributed by atoms with Crippen molar-refractivity contribution in [3.05, 3.63) is 51.2 Å². The Morgan fingerprint density at radius 2 is 1.54 bits per heavy atom. The van der Waals surface area contributed by atoms with Crippen molar-refractivity contribution in [2.75, 3.05) is 5.12 Å². The van der Waals surface area contributed by atoms with Crippen LogP contribution in [0.3, 0.4) is 0 Å². The zero-order valence-electron chi connectivity index (χ0n) is 6.52. The summed E-state index contributed by atoms with van der Waals surface area (Å²) < 4.78 is 0. The first-order valence-electron chi connectivity index (χ1n) is 3.33. The van der Waals surface area contributed by atoms with Crippen LogP contribution < -0.4 is 5.12 Å². The first-order chi connectivity index (χ1) is 6.38. The third kappa shape index (κ3) is 2.30. The Labute approximate surface area is 73.4 Å². The second-order valence-electron chi connectivity index (χ2n) is 1.98. The van der Waals surface area contributed by atoms with Crippen LogP contribution in [-0.4, -0.2) is 0 Å². The Kier molecular flexibility index (Phi) is 3.03. The summed E-state index contributed by atoms with van der Waals surface area (Å²) >= 11 is 0. The van der Waals surface area contributed by atoms with Crippen LogP contribution in [0.25, 0.3) is 20.9 Å². The maximum atomic E-state index is 8.16. The summed E-state index contributed by atoms with van der Waals surface area (Å²) in [5.74, 6) is 0. The molecule has 1 rings (SSSR count). The molecule has 1 aromatic carbocycles. The van der Waals surface area contributed by atoms with Gasteiger partial charge in [-0.05, 0) is 22.6 Å². The molecule has 64 valence electrons. The SMILES string of the molecule is [N-]=[N+]=NN(N=[N+]=[N-])c1ccccc1. The van der Waals surface area contributed by atoms with Crippen molar-refractivity contribution in [3.8, 4) is 0 Å². The quantitative estimate of drug-likeness (QED) is 0.300. The van der Waals surface area contributed by atoms with Gasteiger partial charge in [0, 0.05) is 0 Å². The summed E-state index contributed by atoms with van der Waals surface area (Å²) in [6.45, 7) is 0. The average Bonchev–Trinajstić information content (AvgIpc) is 2.19. The summed E-state index contributed by atoms with van der Waals surface area (Å²) in [6, 6.07) is 8.59. The van der Waals surface area contributed by atoms with Gasteiger partial charge in [0.05, 0.1) is 0 Å². The van der Waals surface area contributed by atoms with Crippen LogP contribution in [0.5, 0.6) is 0 Å². The van der Waals surface area contributed by atoms with E-state index in [2.05, 4.69) is 20.3 Å². The first kappa shape index (κ1) is 8.73. The number of azide groups is 1. The van der Waals surface area contributed by atoms with Gasteiger partial charge in [0.25, 0.3) is 0 Å². The fraction of sp³-hybridized carbons (Fsp3) is 0. The lowest BCUT2D eigenvalue weighted by Gasteiger charge is -2.04. The molecule has 0 N–H and O–H groups in total. The highest BCUT2D eigenvalue weighted by Gasteiger charge is 2.01. The smallest absolute Gasteiger partial charge is 0.143 e. The molecule has 0 radical (unpaired) electrons. The van der Waals surface area contributed by atoms with Gasteiger partial charge in [-0.25, -0.2) is 0 Å². The lowest BCUT2D eigenvalue weighted by atomic mass is 10.3. The molecular formula is C6H5N7. The van der Waals surface area contributed by atoms with Crippen LogP contribution in [0.2, 0.25) is 0 Å². The third-order valence-electron chi connectivity index (χ3n) is 1.24. The molecular weight excluding hydrogens is 170 g/mol. The number of benzene rings is 1. The van der Waals surface area contributed by atoms with E-state index in [0.717, 1.165) is 5.12 Å². The normalized spacial score (nSPS) is 8.00. The number of nitrogens with zero attached hydrogens (tertiary/aromatic N) is 7. The highest BCUT2D eigenvalue weighted by atomic mass is 15.7. The van der Waals surface area contributed by atoms with E-state index in [4.69, 9.17) is 11.1 Å². The number of anilines is 1. The molecule has 0 saturated heterocycles. The molecule has 0 atom stereocenters. The minimum Gasteiger partial charge on any atom is -0.168 e. The highest BCUT2D eigenvalue weighted by Crippen LogP contribution is 2.13. The second-order valence-corrected chi connectivity index (χ2v) is 1.98. The van der Waals surface area contributed by atoms with Crippen molar-refractivity contribution in [1.82, 2.24) is 0 Å². The molecule has 0 unspecified atom stereocenters. The van der Waals surface area contributed by atoms with Crippen molar-refractivity contribution in [3.63, 3.8) is 0 Å². The molecule has 0 heterocycles. The molecule has 0 aliphatic rings. The van der Waals surface area contributed by atoms with Gasteiger partial charge in [-0.3, -0.25) is 0 Å². The van der Waals surface area contributed by atoms with Crippen molar-refractivity contribution < 1.29 is 0 Å². The molecule has 0 aliphatic carbocycles. The van der Waals surface area contributed by atoms with Gasteiger partial charge in [0.2, 0.25) is 0 Å². The first-order valence-corrected chi connectivity index (χ1v) is 3.33. The largest absolute Gasteiger partial charge is 0.168 e. The number of hydrogen-bond acceptors (Lipinski definition) is 2. The Hall–Kier alpha value is -2.36. The van der Waals surface area contributed by atoms with Gasteiger partial charge >= 0.3 is 0 Å². The Bertz CT molecular complexity index is 342. The summed E-state index contributed by atoms with van der Waals surface area (Å²) in [6.07, 6.45) is 0. The predicted octanol–water partition coefficient (Wildman–Crippen LogP) is 2.94. The van der Waals surface area contributed by atoms with E-state index < -0.39 is 0 Å². The van der Waals surface area contributed by atoms with Crippen molar-refractivity contribution >= 4 is 5.69 Å². The van der Waals surface area contributed by atoms with Gasteiger partial charge in [-0.15, -0.1) is 16.2 Å². The summed E-state index contributed by atoms with van der Waals surface area (Å²) in [7, 11) is 0. The van der Waals surface area contributed by atoms with Gasteiger partial charge in [0.15, 0.2) is 0 Å². The summed E-state index contributed by atoms with van der Waals surface area (Å²) in [4.78, 5) is 5.03. The van der Waals surface area contributed by atoms with Crippen molar-refractivity contribution in [2.45, 2.75) is 0 Å². The number of rotatable bonds is 3. The molecule has 7 nitrogen and oxygen atoms in total. The van der Waals surface area contributed by atoms with E-state index in [9.17, 15) is 0 Å². The number of hydrogen-bond donors (Lipinski definition) is 0. The highest BCUT2D eigenvalue weighted by molar-refractivity contribution is 5.43. The number of para-hydroxylation sites is 1. The standard InChI is InChI=1S/C6H5N7/c7-9-11-13(12-10-8)6-4-2-1-3-5-6/h1-5H. The maximum Gasteiger partial charge on any atom is 0.143 e. The summed E-state index contributed by atoms with van der Waals surface area (Å²) in [5, 5.41) is 7.22. The molecule has 0 spiro atoms. The maximum absolute atomic E-state index is 8.16. The minimum absolute atomic E-state index is 0.512. The zero-order chi connectivity index (χ0) is 9.52. The monoisotopic (exact) mass is 175 g/mol. The van der Waals surface area contributed by atoms with E-state index >= 15 is 0 Å². The van der Waals surface area contributed by atoms with E-state index in [1.165, 1.54) is 0 Å². The summed E-state index contributed by atoms with van der Waals surface area (Å²) in [5.41, 5.74) is 16.8. The van der Waals surface area contributed by atoms with E-state index in [0.29, 0.717) is 5.69 Å². The Morgan fingerprint density at radius 1 is 1.00 bits per heavy atom. The molecule has 0 aliphatic heterocycles. The van der Waals surface area contributed by atoms with Crippen LogP contribution in [0, 0.1) is 0 Å². The van der Waals surface area contributed by atoms with Crippen LogP contribution in [-0.2, 0) is 0 Å². The fourth-order valence-electron chi connectivity index (χ4n) is 0.758. The van der Waals surface area contributed by atoms with E-state index in [1.54, 1.807) is 30.3 Å². The van der Waals surface area contributed by atoms with Crippen LogP contribution >= 0.6 is 0 Å². The van der Waals surface area contributed by atoms with Gasteiger partial charge < -0.3 is 0 Å². The molecule has 0 aromatic heterocycles.